The summed E-state index contributed by atoms with van der Waals surface area (Å²) in [5.74, 6) is 0.987. The lowest BCUT2D eigenvalue weighted by Gasteiger charge is -2.09. The summed E-state index contributed by atoms with van der Waals surface area (Å²) in [4.78, 5) is 8.64. The number of hydrogen-bond acceptors (Lipinski definition) is 3. The first-order chi connectivity index (χ1) is 7.27. The predicted octanol–water partition coefficient (Wildman–Crippen LogP) is 1.79. The van der Waals surface area contributed by atoms with E-state index in [9.17, 15) is 0 Å². The molecule has 2 N–H and O–H groups in total. The summed E-state index contributed by atoms with van der Waals surface area (Å²) in [7, 11) is 0. The van der Waals surface area contributed by atoms with Crippen LogP contribution >= 0.6 is 0 Å². The molecule has 0 spiro atoms. The van der Waals surface area contributed by atoms with Crippen LogP contribution in [0.2, 0.25) is 0 Å². The SMILES string of the molecule is CC(N)c1nc2cnccc2n1C1CC1. The van der Waals surface area contributed by atoms with Gasteiger partial charge >= 0.3 is 0 Å². The van der Waals surface area contributed by atoms with E-state index in [4.69, 9.17) is 5.73 Å². The van der Waals surface area contributed by atoms with Gasteiger partial charge in [0, 0.05) is 12.2 Å². The zero-order valence-corrected chi connectivity index (χ0v) is 8.72. The van der Waals surface area contributed by atoms with Crippen molar-refractivity contribution in [1.82, 2.24) is 14.5 Å². The van der Waals surface area contributed by atoms with E-state index in [2.05, 4.69) is 14.5 Å². The van der Waals surface area contributed by atoms with Crippen molar-refractivity contribution in [2.45, 2.75) is 31.8 Å². The number of nitrogens with two attached hydrogens (primary N) is 1. The summed E-state index contributed by atoms with van der Waals surface area (Å²) in [5, 5.41) is 0. The second-order valence-electron chi connectivity index (χ2n) is 4.22. The first kappa shape index (κ1) is 8.85. The Labute approximate surface area is 88.1 Å². The highest BCUT2D eigenvalue weighted by Gasteiger charge is 2.28. The van der Waals surface area contributed by atoms with Crippen LogP contribution in [0.1, 0.15) is 37.7 Å². The average molecular weight is 202 g/mol. The van der Waals surface area contributed by atoms with Gasteiger partial charge in [0.2, 0.25) is 0 Å². The van der Waals surface area contributed by atoms with Crippen molar-refractivity contribution in [2.75, 3.05) is 0 Å². The van der Waals surface area contributed by atoms with E-state index < -0.39 is 0 Å². The lowest BCUT2D eigenvalue weighted by Crippen LogP contribution is -2.12. The van der Waals surface area contributed by atoms with E-state index in [1.54, 1.807) is 6.20 Å². The molecule has 1 saturated carbocycles. The second kappa shape index (κ2) is 3.03. The molecule has 0 radical (unpaired) electrons. The molecule has 0 amide bonds. The molecule has 3 rings (SSSR count). The van der Waals surface area contributed by atoms with Gasteiger partial charge in [-0.3, -0.25) is 4.98 Å². The summed E-state index contributed by atoms with van der Waals surface area (Å²) >= 11 is 0. The van der Waals surface area contributed by atoms with E-state index in [-0.39, 0.29) is 6.04 Å². The van der Waals surface area contributed by atoms with Gasteiger partial charge < -0.3 is 10.3 Å². The van der Waals surface area contributed by atoms with Gasteiger partial charge in [0.25, 0.3) is 0 Å². The molecule has 15 heavy (non-hydrogen) atoms. The van der Waals surface area contributed by atoms with E-state index in [1.165, 1.54) is 18.4 Å². The molecule has 1 atom stereocenters. The van der Waals surface area contributed by atoms with Crippen LogP contribution in [0, 0.1) is 0 Å². The zero-order chi connectivity index (χ0) is 10.4. The van der Waals surface area contributed by atoms with Gasteiger partial charge in [-0.2, -0.15) is 0 Å². The third-order valence-electron chi connectivity index (χ3n) is 2.84. The molecule has 1 aliphatic rings. The van der Waals surface area contributed by atoms with Crippen LogP contribution in [0.5, 0.6) is 0 Å². The van der Waals surface area contributed by atoms with E-state index >= 15 is 0 Å². The number of nitrogens with zero attached hydrogens (tertiary/aromatic N) is 3. The smallest absolute Gasteiger partial charge is 0.126 e. The lowest BCUT2D eigenvalue weighted by molar-refractivity contribution is 0.639. The van der Waals surface area contributed by atoms with Crippen molar-refractivity contribution in [1.29, 1.82) is 0 Å². The quantitative estimate of drug-likeness (QED) is 0.807. The molecule has 1 fully saturated rings. The molecule has 78 valence electrons. The lowest BCUT2D eigenvalue weighted by atomic mass is 10.3. The molecule has 1 aliphatic carbocycles. The summed E-state index contributed by atoms with van der Waals surface area (Å²) in [6.45, 7) is 1.98. The van der Waals surface area contributed by atoms with E-state index in [0.717, 1.165) is 11.3 Å². The molecule has 1 unspecified atom stereocenters. The molecule has 0 saturated heterocycles. The Balaban J connectivity index is 2.28. The Bertz CT molecular complexity index is 496. The van der Waals surface area contributed by atoms with Gasteiger partial charge in [0.05, 0.1) is 17.8 Å². The fourth-order valence-corrected chi connectivity index (χ4v) is 2.01. The Morgan fingerprint density at radius 2 is 2.33 bits per heavy atom. The Morgan fingerprint density at radius 1 is 1.53 bits per heavy atom. The normalized spacial score (nSPS) is 18.3. The first-order valence-electron chi connectivity index (χ1n) is 5.35. The molecule has 2 heterocycles. The molecule has 2 aromatic heterocycles. The van der Waals surface area contributed by atoms with Crippen LogP contribution < -0.4 is 5.73 Å². The number of pyridine rings is 1. The van der Waals surface area contributed by atoms with Gasteiger partial charge in [-0.05, 0) is 25.8 Å². The van der Waals surface area contributed by atoms with Crippen molar-refractivity contribution in [2.24, 2.45) is 5.73 Å². The van der Waals surface area contributed by atoms with Crippen LogP contribution in [0.4, 0.5) is 0 Å². The Morgan fingerprint density at radius 3 is 3.00 bits per heavy atom. The monoisotopic (exact) mass is 202 g/mol. The Hall–Kier alpha value is -1.42. The highest BCUT2D eigenvalue weighted by atomic mass is 15.1. The zero-order valence-electron chi connectivity index (χ0n) is 8.72. The van der Waals surface area contributed by atoms with Crippen molar-refractivity contribution in [3.8, 4) is 0 Å². The van der Waals surface area contributed by atoms with Gasteiger partial charge in [-0.25, -0.2) is 4.98 Å². The molecule has 0 aromatic carbocycles. The number of aromatic nitrogens is 3. The third kappa shape index (κ3) is 1.33. The summed E-state index contributed by atoms with van der Waals surface area (Å²) in [6.07, 6.45) is 6.11. The average Bonchev–Trinajstić information content (AvgIpc) is 2.98. The Kier molecular flexibility index (Phi) is 1.79. The van der Waals surface area contributed by atoms with E-state index in [0.29, 0.717) is 6.04 Å². The number of rotatable bonds is 2. The topological polar surface area (TPSA) is 56.7 Å². The largest absolute Gasteiger partial charge is 0.323 e. The maximum Gasteiger partial charge on any atom is 0.126 e. The maximum atomic E-state index is 5.94. The fourth-order valence-electron chi connectivity index (χ4n) is 2.01. The summed E-state index contributed by atoms with van der Waals surface area (Å²) in [5.41, 5.74) is 8.06. The minimum Gasteiger partial charge on any atom is -0.323 e. The van der Waals surface area contributed by atoms with E-state index in [1.807, 2.05) is 19.2 Å². The molecule has 0 aliphatic heterocycles. The number of imidazole rings is 1. The molecular weight excluding hydrogens is 188 g/mol. The fraction of sp³-hybridized carbons (Fsp3) is 0.455. The molecule has 4 heteroatoms. The van der Waals surface area contributed by atoms with Crippen molar-refractivity contribution >= 4 is 11.0 Å². The minimum atomic E-state index is -0.0157. The summed E-state index contributed by atoms with van der Waals surface area (Å²) in [6, 6.07) is 2.61. The van der Waals surface area contributed by atoms with Crippen LogP contribution in [0.15, 0.2) is 18.5 Å². The minimum absolute atomic E-state index is 0.0157. The van der Waals surface area contributed by atoms with Gasteiger partial charge in [0.1, 0.15) is 11.3 Å². The maximum absolute atomic E-state index is 5.94. The molecule has 0 bridgehead atoms. The predicted molar refractivity (Wildman–Crippen MR) is 58.4 cm³/mol. The van der Waals surface area contributed by atoms with Crippen LogP contribution in [0.3, 0.4) is 0 Å². The van der Waals surface area contributed by atoms with Crippen molar-refractivity contribution < 1.29 is 0 Å². The molecule has 4 nitrogen and oxygen atoms in total. The molecule has 2 aromatic rings. The van der Waals surface area contributed by atoms with Gasteiger partial charge in [0.15, 0.2) is 0 Å². The first-order valence-corrected chi connectivity index (χ1v) is 5.35. The van der Waals surface area contributed by atoms with Crippen LogP contribution in [-0.4, -0.2) is 14.5 Å². The second-order valence-corrected chi connectivity index (χ2v) is 4.22. The standard InChI is InChI=1S/C11H14N4/c1-7(12)11-14-9-6-13-5-4-10(9)15(11)8-2-3-8/h4-8H,2-3,12H2,1H3. The van der Waals surface area contributed by atoms with Crippen molar-refractivity contribution in [3.05, 3.63) is 24.3 Å². The highest BCUT2D eigenvalue weighted by Crippen LogP contribution is 2.39. The van der Waals surface area contributed by atoms with Crippen LogP contribution in [-0.2, 0) is 0 Å². The third-order valence-corrected chi connectivity index (χ3v) is 2.84. The number of hydrogen-bond donors (Lipinski definition) is 1. The van der Waals surface area contributed by atoms with Gasteiger partial charge in [-0.15, -0.1) is 0 Å². The summed E-state index contributed by atoms with van der Waals surface area (Å²) < 4.78 is 2.28. The molecular formula is C11H14N4. The number of fused-ring (bicyclic) bond motifs is 1. The van der Waals surface area contributed by atoms with Crippen molar-refractivity contribution in [3.63, 3.8) is 0 Å². The highest BCUT2D eigenvalue weighted by molar-refractivity contribution is 5.75. The van der Waals surface area contributed by atoms with Crippen LogP contribution in [0.25, 0.3) is 11.0 Å². The van der Waals surface area contributed by atoms with Gasteiger partial charge in [-0.1, -0.05) is 0 Å².